The first-order valence-electron chi connectivity index (χ1n) is 6.34. The maximum Gasteiger partial charge on any atom is 0.230 e. The van der Waals surface area contributed by atoms with Crippen molar-refractivity contribution in [3.63, 3.8) is 0 Å². The Morgan fingerprint density at radius 2 is 2.00 bits per heavy atom. The van der Waals surface area contributed by atoms with Gasteiger partial charge in [0.1, 0.15) is 0 Å². The fourth-order valence-corrected chi connectivity index (χ4v) is 2.39. The highest BCUT2D eigenvalue weighted by Crippen LogP contribution is 2.48. The number of carbonyl (C=O) groups is 1. The predicted molar refractivity (Wildman–Crippen MR) is 83.6 cm³/mol. The molecule has 19 heavy (non-hydrogen) atoms. The van der Waals surface area contributed by atoms with Crippen LogP contribution in [0.2, 0.25) is 0 Å². The van der Waals surface area contributed by atoms with E-state index in [-0.39, 0.29) is 29.8 Å². The number of carbonyl (C=O) groups excluding carboxylic acids is 1. The van der Waals surface area contributed by atoms with Gasteiger partial charge in [-0.1, -0.05) is 28.1 Å². The molecule has 0 radical (unpaired) electrons. The zero-order valence-electron chi connectivity index (χ0n) is 11.0. The minimum atomic E-state index is -0.279. The van der Waals surface area contributed by atoms with E-state index in [4.69, 9.17) is 5.73 Å². The normalized spacial score (nSPS) is 17.2. The molecule has 1 fully saturated rings. The summed E-state index contributed by atoms with van der Waals surface area (Å²) in [5, 5.41) is 3.00. The van der Waals surface area contributed by atoms with Crippen LogP contribution in [0.1, 0.15) is 31.7 Å². The van der Waals surface area contributed by atoms with E-state index in [2.05, 4.69) is 21.2 Å². The van der Waals surface area contributed by atoms with Crippen molar-refractivity contribution in [2.24, 2.45) is 5.73 Å². The maximum absolute atomic E-state index is 12.2. The first-order valence-corrected chi connectivity index (χ1v) is 7.14. The number of benzene rings is 1. The number of nitrogens with one attached hydrogen (secondary N) is 1. The third kappa shape index (κ3) is 3.94. The van der Waals surface area contributed by atoms with Gasteiger partial charge in [0.05, 0.1) is 5.41 Å². The fourth-order valence-electron chi connectivity index (χ4n) is 2.12. The Bertz CT molecular complexity index is 430. The molecule has 0 spiro atoms. The Kier molecular flexibility index (Phi) is 5.83. The molecule has 0 saturated heterocycles. The lowest BCUT2D eigenvalue weighted by molar-refractivity contribution is -0.123. The SMILES string of the molecule is CC(N)CCNC(=O)C1(c2ccc(Br)cc2)CC1.Cl. The van der Waals surface area contributed by atoms with Gasteiger partial charge in [0.25, 0.3) is 0 Å². The summed E-state index contributed by atoms with van der Waals surface area (Å²) in [5.74, 6) is 0.144. The van der Waals surface area contributed by atoms with Gasteiger partial charge in [-0.2, -0.15) is 0 Å². The highest BCUT2D eigenvalue weighted by molar-refractivity contribution is 9.10. The van der Waals surface area contributed by atoms with Crippen LogP contribution >= 0.6 is 28.3 Å². The van der Waals surface area contributed by atoms with E-state index >= 15 is 0 Å². The highest BCUT2D eigenvalue weighted by atomic mass is 79.9. The molecule has 3 N–H and O–H groups in total. The lowest BCUT2D eigenvalue weighted by Gasteiger charge is -2.16. The van der Waals surface area contributed by atoms with Crippen LogP contribution in [-0.2, 0) is 10.2 Å². The zero-order chi connectivity index (χ0) is 13.2. The fraction of sp³-hybridized carbons (Fsp3) is 0.500. The Hall–Kier alpha value is -0.580. The lowest BCUT2D eigenvalue weighted by Crippen LogP contribution is -2.36. The van der Waals surface area contributed by atoms with Gasteiger partial charge in [-0.3, -0.25) is 4.79 Å². The molecule has 0 aliphatic heterocycles. The van der Waals surface area contributed by atoms with E-state index in [1.165, 1.54) is 0 Å². The van der Waals surface area contributed by atoms with E-state index < -0.39 is 0 Å². The third-order valence-corrected chi connectivity index (χ3v) is 4.00. The second kappa shape index (κ2) is 6.73. The van der Waals surface area contributed by atoms with Crippen molar-refractivity contribution in [3.05, 3.63) is 34.3 Å². The monoisotopic (exact) mass is 346 g/mol. The van der Waals surface area contributed by atoms with Gasteiger partial charge in [0.15, 0.2) is 0 Å². The molecule has 1 saturated carbocycles. The average molecular weight is 348 g/mol. The number of nitrogens with two attached hydrogens (primary N) is 1. The molecule has 1 amide bonds. The van der Waals surface area contributed by atoms with Crippen molar-refractivity contribution in [1.82, 2.24) is 5.32 Å². The van der Waals surface area contributed by atoms with Crippen LogP contribution in [-0.4, -0.2) is 18.5 Å². The number of halogens is 2. The Balaban J connectivity index is 0.00000180. The van der Waals surface area contributed by atoms with E-state index in [0.29, 0.717) is 6.54 Å². The Morgan fingerprint density at radius 3 is 2.47 bits per heavy atom. The van der Waals surface area contributed by atoms with Gasteiger partial charge in [0.2, 0.25) is 5.91 Å². The molecule has 1 aliphatic carbocycles. The summed E-state index contributed by atoms with van der Waals surface area (Å²) in [7, 11) is 0. The third-order valence-electron chi connectivity index (χ3n) is 3.47. The molecule has 0 aromatic heterocycles. The van der Waals surface area contributed by atoms with Gasteiger partial charge in [-0.05, 0) is 43.9 Å². The van der Waals surface area contributed by atoms with Crippen LogP contribution in [0, 0.1) is 0 Å². The van der Waals surface area contributed by atoms with Gasteiger partial charge in [-0.25, -0.2) is 0 Å². The molecule has 3 nitrogen and oxygen atoms in total. The topological polar surface area (TPSA) is 55.1 Å². The molecule has 106 valence electrons. The number of amides is 1. The molecule has 1 unspecified atom stereocenters. The second-order valence-electron chi connectivity index (χ2n) is 5.11. The molecule has 2 rings (SSSR count). The maximum atomic E-state index is 12.2. The minimum absolute atomic E-state index is 0. The summed E-state index contributed by atoms with van der Waals surface area (Å²) < 4.78 is 1.04. The summed E-state index contributed by atoms with van der Waals surface area (Å²) >= 11 is 3.41. The van der Waals surface area contributed by atoms with Gasteiger partial charge < -0.3 is 11.1 Å². The standard InChI is InChI=1S/C14H19BrN2O.ClH/c1-10(16)6-9-17-13(18)14(7-8-14)11-2-4-12(15)5-3-11;/h2-5,10H,6-9,16H2,1H3,(H,17,18);1H. The molecule has 5 heteroatoms. The molecule has 1 aliphatic rings. The summed E-state index contributed by atoms with van der Waals surface area (Å²) in [6.07, 6.45) is 2.71. The minimum Gasteiger partial charge on any atom is -0.355 e. The molecule has 1 aromatic rings. The molecule has 1 aromatic carbocycles. The number of hydrogen-bond donors (Lipinski definition) is 2. The first-order chi connectivity index (χ1) is 8.54. The summed E-state index contributed by atoms with van der Waals surface area (Å²) in [5.41, 5.74) is 6.51. The average Bonchev–Trinajstić information content (AvgIpc) is 3.10. The lowest BCUT2D eigenvalue weighted by atomic mass is 9.95. The Morgan fingerprint density at radius 1 is 1.42 bits per heavy atom. The summed E-state index contributed by atoms with van der Waals surface area (Å²) in [6.45, 7) is 2.61. The molecule has 1 atom stereocenters. The first kappa shape index (κ1) is 16.5. The van der Waals surface area contributed by atoms with Crippen LogP contribution in [0.15, 0.2) is 28.7 Å². The van der Waals surface area contributed by atoms with Crippen molar-refractivity contribution >= 4 is 34.2 Å². The van der Waals surface area contributed by atoms with Gasteiger partial charge >= 0.3 is 0 Å². The van der Waals surface area contributed by atoms with E-state index in [1.807, 2.05) is 31.2 Å². The molecular formula is C14H20BrClN2O. The second-order valence-corrected chi connectivity index (χ2v) is 6.03. The van der Waals surface area contributed by atoms with Crippen molar-refractivity contribution in [1.29, 1.82) is 0 Å². The van der Waals surface area contributed by atoms with Crippen molar-refractivity contribution in [2.75, 3.05) is 6.54 Å². The summed E-state index contributed by atoms with van der Waals surface area (Å²) in [4.78, 5) is 12.2. The molecular weight excluding hydrogens is 328 g/mol. The van der Waals surface area contributed by atoms with Gasteiger partial charge in [0, 0.05) is 17.1 Å². The predicted octanol–water partition coefficient (Wildman–Crippen LogP) is 2.76. The van der Waals surface area contributed by atoms with Crippen LogP contribution in [0.4, 0.5) is 0 Å². The number of hydrogen-bond acceptors (Lipinski definition) is 2. The van der Waals surface area contributed by atoms with Crippen molar-refractivity contribution in [3.8, 4) is 0 Å². The summed E-state index contributed by atoms with van der Waals surface area (Å²) in [6, 6.07) is 8.17. The smallest absolute Gasteiger partial charge is 0.230 e. The van der Waals surface area contributed by atoms with Crippen molar-refractivity contribution < 1.29 is 4.79 Å². The van der Waals surface area contributed by atoms with Crippen LogP contribution < -0.4 is 11.1 Å². The Labute approximate surface area is 128 Å². The molecule has 0 bridgehead atoms. The quantitative estimate of drug-likeness (QED) is 0.860. The van der Waals surface area contributed by atoms with Crippen LogP contribution in [0.25, 0.3) is 0 Å². The number of rotatable bonds is 5. The van der Waals surface area contributed by atoms with E-state index in [1.54, 1.807) is 0 Å². The van der Waals surface area contributed by atoms with E-state index in [9.17, 15) is 4.79 Å². The zero-order valence-corrected chi connectivity index (χ0v) is 13.4. The van der Waals surface area contributed by atoms with E-state index in [0.717, 1.165) is 29.3 Å². The van der Waals surface area contributed by atoms with Crippen LogP contribution in [0.5, 0.6) is 0 Å². The van der Waals surface area contributed by atoms with Crippen molar-refractivity contribution in [2.45, 2.75) is 37.6 Å². The van der Waals surface area contributed by atoms with Crippen LogP contribution in [0.3, 0.4) is 0 Å². The molecule has 0 heterocycles. The highest BCUT2D eigenvalue weighted by Gasteiger charge is 2.50. The largest absolute Gasteiger partial charge is 0.355 e. The van der Waals surface area contributed by atoms with Gasteiger partial charge in [-0.15, -0.1) is 12.4 Å².